The normalized spacial score (nSPS) is 17.3. The van der Waals surface area contributed by atoms with Gasteiger partial charge in [0.1, 0.15) is 0 Å². The molecular formula is C13H15F4N3O. The first-order valence-corrected chi connectivity index (χ1v) is 6.48. The second kappa shape index (κ2) is 6.38. The van der Waals surface area contributed by atoms with Crippen molar-refractivity contribution in [2.24, 2.45) is 0 Å². The maximum atomic E-state index is 13.0. The highest BCUT2D eigenvalue weighted by molar-refractivity contribution is 5.84. The van der Waals surface area contributed by atoms with Crippen LogP contribution in [-0.2, 0) is 11.3 Å². The average molecular weight is 305 g/mol. The molecule has 1 saturated heterocycles. The predicted octanol–water partition coefficient (Wildman–Crippen LogP) is 1.63. The molecule has 0 aliphatic carbocycles. The van der Waals surface area contributed by atoms with Gasteiger partial charge in [-0.15, -0.1) is 0 Å². The van der Waals surface area contributed by atoms with Gasteiger partial charge >= 0.3 is 12.3 Å². The van der Waals surface area contributed by atoms with Gasteiger partial charge in [0.25, 0.3) is 5.91 Å². The number of hydrogen-bond donors (Lipinski definition) is 0. The molecule has 1 fully saturated rings. The molecule has 1 aliphatic heterocycles. The number of carbonyl (C=O) groups is 1. The van der Waals surface area contributed by atoms with Crippen LogP contribution in [0.25, 0.3) is 0 Å². The number of aromatic nitrogens is 1. The quantitative estimate of drug-likeness (QED) is 0.793. The van der Waals surface area contributed by atoms with E-state index in [9.17, 15) is 22.4 Å². The number of halogens is 4. The maximum Gasteiger partial charge on any atom is 0.383 e. The molecule has 2 rings (SSSR count). The van der Waals surface area contributed by atoms with E-state index < -0.39 is 18.3 Å². The Morgan fingerprint density at radius 3 is 2.29 bits per heavy atom. The third kappa shape index (κ3) is 3.69. The number of piperazine rings is 1. The van der Waals surface area contributed by atoms with Gasteiger partial charge in [-0.1, -0.05) is 0 Å². The van der Waals surface area contributed by atoms with Crippen LogP contribution in [0.4, 0.5) is 17.6 Å². The van der Waals surface area contributed by atoms with Crippen molar-refractivity contribution in [3.63, 3.8) is 0 Å². The van der Waals surface area contributed by atoms with Crippen LogP contribution in [-0.4, -0.2) is 59.2 Å². The first-order chi connectivity index (χ1) is 9.91. The lowest BCUT2D eigenvalue weighted by Crippen LogP contribution is -2.54. The topological polar surface area (TPSA) is 36.4 Å². The van der Waals surface area contributed by atoms with E-state index in [0.717, 1.165) is 10.5 Å². The van der Waals surface area contributed by atoms with Crippen LogP contribution in [0.3, 0.4) is 0 Å². The molecule has 0 atom stereocenters. The molecule has 21 heavy (non-hydrogen) atoms. The summed E-state index contributed by atoms with van der Waals surface area (Å²) in [5, 5.41) is 0. The molecule has 2 heterocycles. The van der Waals surface area contributed by atoms with Gasteiger partial charge < -0.3 is 4.90 Å². The Morgan fingerprint density at radius 1 is 1.19 bits per heavy atom. The van der Waals surface area contributed by atoms with Crippen molar-refractivity contribution in [3.05, 3.63) is 30.1 Å². The predicted molar refractivity (Wildman–Crippen MR) is 67.0 cm³/mol. The highest BCUT2D eigenvalue weighted by atomic mass is 19.3. The first-order valence-electron chi connectivity index (χ1n) is 6.48. The molecule has 0 bridgehead atoms. The van der Waals surface area contributed by atoms with Gasteiger partial charge in [-0.05, 0) is 17.7 Å². The molecular weight excluding hydrogens is 290 g/mol. The summed E-state index contributed by atoms with van der Waals surface area (Å²) in [6.07, 6.45) is -0.670. The zero-order chi connectivity index (χ0) is 15.5. The van der Waals surface area contributed by atoms with E-state index in [2.05, 4.69) is 4.98 Å². The van der Waals surface area contributed by atoms with Gasteiger partial charge in [-0.3, -0.25) is 14.7 Å². The average Bonchev–Trinajstić information content (AvgIpc) is 2.48. The minimum atomic E-state index is -4.60. The van der Waals surface area contributed by atoms with Gasteiger partial charge in [0.2, 0.25) is 0 Å². The largest absolute Gasteiger partial charge is 0.383 e. The van der Waals surface area contributed by atoms with E-state index in [4.69, 9.17) is 0 Å². The number of alkyl halides is 4. The SMILES string of the molecule is O=C(N1CCN(Cc2ccncc2)CC1)C(F)(F)C(F)F. The summed E-state index contributed by atoms with van der Waals surface area (Å²) in [4.78, 5) is 18.1. The van der Waals surface area contributed by atoms with E-state index in [-0.39, 0.29) is 13.1 Å². The number of hydrogen-bond acceptors (Lipinski definition) is 3. The zero-order valence-corrected chi connectivity index (χ0v) is 11.2. The third-order valence-corrected chi connectivity index (χ3v) is 3.37. The number of nitrogens with zero attached hydrogens (tertiary/aromatic N) is 3. The Labute approximate surface area is 119 Å². The summed E-state index contributed by atoms with van der Waals surface area (Å²) in [7, 11) is 0. The Bertz CT molecular complexity index is 476. The number of rotatable bonds is 4. The molecule has 1 aliphatic rings. The van der Waals surface area contributed by atoms with Crippen molar-refractivity contribution in [3.8, 4) is 0 Å². The van der Waals surface area contributed by atoms with E-state index in [1.165, 1.54) is 0 Å². The standard InChI is InChI=1S/C13H15F4N3O/c14-11(15)13(16,17)12(21)20-7-5-19(6-8-20)9-10-1-3-18-4-2-10/h1-4,11H,5-9H2. The monoisotopic (exact) mass is 305 g/mol. The van der Waals surface area contributed by atoms with Gasteiger partial charge in [-0.25, -0.2) is 8.78 Å². The Kier molecular flexibility index (Phi) is 4.76. The van der Waals surface area contributed by atoms with Crippen LogP contribution in [0.2, 0.25) is 0 Å². The van der Waals surface area contributed by atoms with Crippen LogP contribution in [0, 0.1) is 0 Å². The smallest absolute Gasteiger partial charge is 0.335 e. The minimum Gasteiger partial charge on any atom is -0.335 e. The van der Waals surface area contributed by atoms with Crippen molar-refractivity contribution < 1.29 is 22.4 Å². The lowest BCUT2D eigenvalue weighted by molar-refractivity contribution is -0.182. The number of carbonyl (C=O) groups excluding carboxylic acids is 1. The molecule has 0 aromatic carbocycles. The van der Waals surface area contributed by atoms with Gasteiger partial charge in [-0.2, -0.15) is 8.78 Å². The minimum absolute atomic E-state index is 0.0201. The second-order valence-electron chi connectivity index (χ2n) is 4.85. The molecule has 0 radical (unpaired) electrons. The fraction of sp³-hybridized carbons (Fsp3) is 0.538. The Morgan fingerprint density at radius 2 is 1.76 bits per heavy atom. The van der Waals surface area contributed by atoms with Crippen LogP contribution in [0.1, 0.15) is 5.56 Å². The molecule has 1 amide bonds. The van der Waals surface area contributed by atoms with E-state index >= 15 is 0 Å². The summed E-state index contributed by atoms with van der Waals surface area (Å²) in [6.45, 7) is 1.38. The van der Waals surface area contributed by atoms with Crippen molar-refractivity contribution >= 4 is 5.91 Å². The fourth-order valence-electron chi connectivity index (χ4n) is 2.16. The molecule has 0 N–H and O–H groups in total. The third-order valence-electron chi connectivity index (χ3n) is 3.37. The lowest BCUT2D eigenvalue weighted by atomic mass is 10.2. The van der Waals surface area contributed by atoms with Crippen molar-refractivity contribution in [2.75, 3.05) is 26.2 Å². The van der Waals surface area contributed by atoms with Crippen LogP contribution in [0.15, 0.2) is 24.5 Å². The highest BCUT2D eigenvalue weighted by Gasteiger charge is 2.51. The first kappa shape index (κ1) is 15.7. The van der Waals surface area contributed by atoms with Crippen LogP contribution in [0.5, 0.6) is 0 Å². The number of amides is 1. The van der Waals surface area contributed by atoms with E-state index in [0.29, 0.717) is 19.6 Å². The lowest BCUT2D eigenvalue weighted by Gasteiger charge is -2.36. The van der Waals surface area contributed by atoms with Gasteiger partial charge in [0.05, 0.1) is 0 Å². The molecule has 0 saturated carbocycles. The van der Waals surface area contributed by atoms with Crippen LogP contribution >= 0.6 is 0 Å². The molecule has 4 nitrogen and oxygen atoms in total. The van der Waals surface area contributed by atoms with Crippen LogP contribution < -0.4 is 0 Å². The van der Waals surface area contributed by atoms with Gasteiger partial charge in [0, 0.05) is 45.1 Å². The molecule has 8 heteroatoms. The van der Waals surface area contributed by atoms with Crippen molar-refractivity contribution in [2.45, 2.75) is 18.9 Å². The Balaban J connectivity index is 1.87. The molecule has 0 spiro atoms. The molecule has 116 valence electrons. The summed E-state index contributed by atoms with van der Waals surface area (Å²) in [5.41, 5.74) is 1.02. The molecule has 1 aromatic rings. The van der Waals surface area contributed by atoms with Crippen molar-refractivity contribution in [1.82, 2.24) is 14.8 Å². The fourth-order valence-corrected chi connectivity index (χ4v) is 2.16. The van der Waals surface area contributed by atoms with E-state index in [1.54, 1.807) is 12.4 Å². The van der Waals surface area contributed by atoms with Gasteiger partial charge in [0.15, 0.2) is 0 Å². The van der Waals surface area contributed by atoms with E-state index in [1.807, 2.05) is 17.0 Å². The Hall–Kier alpha value is -1.70. The summed E-state index contributed by atoms with van der Waals surface area (Å²) in [5.74, 6) is -6.39. The zero-order valence-electron chi connectivity index (χ0n) is 11.2. The summed E-state index contributed by atoms with van der Waals surface area (Å²) >= 11 is 0. The van der Waals surface area contributed by atoms with Crippen molar-refractivity contribution in [1.29, 1.82) is 0 Å². The highest BCUT2D eigenvalue weighted by Crippen LogP contribution is 2.26. The molecule has 1 aromatic heterocycles. The summed E-state index contributed by atoms with van der Waals surface area (Å²) in [6, 6.07) is 3.67. The second-order valence-corrected chi connectivity index (χ2v) is 4.85. The number of pyridine rings is 1. The molecule has 0 unspecified atom stereocenters. The maximum absolute atomic E-state index is 13.0. The summed E-state index contributed by atoms with van der Waals surface area (Å²) < 4.78 is 50.3.